The predicted octanol–water partition coefficient (Wildman–Crippen LogP) is 4.05. The van der Waals surface area contributed by atoms with Gasteiger partial charge in [-0.25, -0.2) is 0 Å². The SMILES string of the molecule is CC(C)(C)NC(=O)CSc1nnc(-c2ccco2)n1C1CCCCC1. The molecule has 7 heteroatoms. The fraction of sp³-hybridized carbons (Fsp3) is 0.611. The van der Waals surface area contributed by atoms with Crippen LogP contribution in [0.25, 0.3) is 11.6 Å². The first-order valence-electron chi connectivity index (χ1n) is 8.86. The first-order chi connectivity index (χ1) is 11.9. The van der Waals surface area contributed by atoms with Crippen LogP contribution < -0.4 is 5.32 Å². The second kappa shape index (κ2) is 7.64. The van der Waals surface area contributed by atoms with Gasteiger partial charge in [0.15, 0.2) is 10.9 Å². The highest BCUT2D eigenvalue weighted by atomic mass is 32.2. The highest BCUT2D eigenvalue weighted by Gasteiger charge is 2.25. The normalized spacial score (nSPS) is 16.1. The Hall–Kier alpha value is -1.76. The number of rotatable bonds is 5. The number of carbonyl (C=O) groups excluding carboxylic acids is 1. The van der Waals surface area contributed by atoms with Gasteiger partial charge in [0.1, 0.15) is 0 Å². The molecular weight excluding hydrogens is 336 g/mol. The van der Waals surface area contributed by atoms with Crippen LogP contribution in [-0.2, 0) is 4.79 Å². The lowest BCUT2D eigenvalue weighted by molar-refractivity contribution is -0.119. The number of carbonyl (C=O) groups is 1. The third-order valence-corrected chi connectivity index (χ3v) is 5.14. The summed E-state index contributed by atoms with van der Waals surface area (Å²) in [5, 5.41) is 12.5. The number of nitrogens with zero attached hydrogens (tertiary/aromatic N) is 3. The first-order valence-corrected chi connectivity index (χ1v) is 9.85. The molecule has 1 N–H and O–H groups in total. The Morgan fingerprint density at radius 3 is 2.72 bits per heavy atom. The van der Waals surface area contributed by atoms with E-state index in [-0.39, 0.29) is 11.4 Å². The third-order valence-electron chi connectivity index (χ3n) is 4.19. The molecule has 2 heterocycles. The molecule has 0 radical (unpaired) electrons. The molecule has 1 fully saturated rings. The molecule has 25 heavy (non-hydrogen) atoms. The topological polar surface area (TPSA) is 73.0 Å². The summed E-state index contributed by atoms with van der Waals surface area (Å²) in [5.41, 5.74) is -0.228. The van der Waals surface area contributed by atoms with E-state index in [2.05, 4.69) is 20.1 Å². The van der Waals surface area contributed by atoms with E-state index in [1.807, 2.05) is 32.9 Å². The van der Waals surface area contributed by atoms with Crippen LogP contribution in [0.5, 0.6) is 0 Å². The fourth-order valence-electron chi connectivity index (χ4n) is 3.20. The summed E-state index contributed by atoms with van der Waals surface area (Å²) in [6.45, 7) is 5.94. The number of hydrogen-bond donors (Lipinski definition) is 1. The molecule has 1 aliphatic carbocycles. The molecule has 3 rings (SSSR count). The Kier molecular flexibility index (Phi) is 5.51. The summed E-state index contributed by atoms with van der Waals surface area (Å²) < 4.78 is 7.72. The molecule has 2 aromatic heterocycles. The molecule has 0 saturated heterocycles. The van der Waals surface area contributed by atoms with Crippen molar-refractivity contribution in [2.24, 2.45) is 0 Å². The van der Waals surface area contributed by atoms with Gasteiger partial charge in [-0.15, -0.1) is 10.2 Å². The van der Waals surface area contributed by atoms with Crippen LogP contribution in [0.2, 0.25) is 0 Å². The van der Waals surface area contributed by atoms with Crippen LogP contribution in [0.4, 0.5) is 0 Å². The van der Waals surface area contributed by atoms with Crippen LogP contribution >= 0.6 is 11.8 Å². The minimum Gasteiger partial charge on any atom is -0.461 e. The Morgan fingerprint density at radius 2 is 2.08 bits per heavy atom. The molecule has 0 aliphatic heterocycles. The summed E-state index contributed by atoms with van der Waals surface area (Å²) in [6, 6.07) is 4.14. The van der Waals surface area contributed by atoms with E-state index in [4.69, 9.17) is 4.42 Å². The molecule has 0 atom stereocenters. The molecule has 0 unspecified atom stereocenters. The van der Waals surface area contributed by atoms with Crippen molar-refractivity contribution in [3.05, 3.63) is 18.4 Å². The average molecular weight is 362 g/mol. The van der Waals surface area contributed by atoms with Crippen molar-refractivity contribution >= 4 is 17.7 Å². The fourth-order valence-corrected chi connectivity index (χ4v) is 4.01. The van der Waals surface area contributed by atoms with E-state index in [1.165, 1.54) is 31.0 Å². The van der Waals surface area contributed by atoms with Crippen LogP contribution in [0, 0.1) is 0 Å². The molecule has 1 aliphatic rings. The zero-order chi connectivity index (χ0) is 17.9. The Balaban J connectivity index is 1.80. The summed E-state index contributed by atoms with van der Waals surface area (Å²) in [6.07, 6.45) is 7.61. The molecule has 0 spiro atoms. The quantitative estimate of drug-likeness (QED) is 0.812. The summed E-state index contributed by atoms with van der Waals surface area (Å²) in [7, 11) is 0. The first kappa shape index (κ1) is 18.0. The molecule has 1 saturated carbocycles. The summed E-state index contributed by atoms with van der Waals surface area (Å²) in [4.78, 5) is 12.1. The second-order valence-corrected chi connectivity index (χ2v) is 8.47. The van der Waals surface area contributed by atoms with Gasteiger partial charge in [0.25, 0.3) is 0 Å². The summed E-state index contributed by atoms with van der Waals surface area (Å²) in [5.74, 6) is 1.83. The molecule has 2 aromatic rings. The number of amides is 1. The van der Waals surface area contributed by atoms with Gasteiger partial charge in [-0.2, -0.15) is 0 Å². The van der Waals surface area contributed by atoms with Crippen LogP contribution in [0.15, 0.2) is 28.0 Å². The number of thioether (sulfide) groups is 1. The van der Waals surface area contributed by atoms with E-state index < -0.39 is 0 Å². The van der Waals surface area contributed by atoms with Gasteiger partial charge in [0.2, 0.25) is 11.7 Å². The van der Waals surface area contributed by atoms with Crippen molar-refractivity contribution in [2.45, 2.75) is 69.6 Å². The van der Waals surface area contributed by atoms with E-state index >= 15 is 0 Å². The maximum Gasteiger partial charge on any atom is 0.230 e. The van der Waals surface area contributed by atoms with Crippen LogP contribution in [0.1, 0.15) is 58.9 Å². The Labute approximate surface area is 152 Å². The van der Waals surface area contributed by atoms with Crippen molar-refractivity contribution in [3.8, 4) is 11.6 Å². The van der Waals surface area contributed by atoms with Crippen molar-refractivity contribution in [2.75, 3.05) is 5.75 Å². The van der Waals surface area contributed by atoms with Gasteiger partial charge < -0.3 is 9.73 Å². The van der Waals surface area contributed by atoms with E-state index in [0.29, 0.717) is 11.8 Å². The smallest absolute Gasteiger partial charge is 0.230 e. The lowest BCUT2D eigenvalue weighted by atomic mass is 9.95. The summed E-state index contributed by atoms with van der Waals surface area (Å²) >= 11 is 1.44. The van der Waals surface area contributed by atoms with Gasteiger partial charge in [0.05, 0.1) is 12.0 Å². The lowest BCUT2D eigenvalue weighted by Crippen LogP contribution is -2.41. The van der Waals surface area contributed by atoms with Crippen LogP contribution in [-0.4, -0.2) is 32.0 Å². The standard InChI is InChI=1S/C18H26N4O2S/c1-18(2,3)19-15(23)12-25-17-21-20-16(14-10-7-11-24-14)22(17)13-8-5-4-6-9-13/h7,10-11,13H,4-6,8-9,12H2,1-3H3,(H,19,23). The van der Waals surface area contributed by atoms with Crippen molar-refractivity contribution in [1.29, 1.82) is 0 Å². The monoisotopic (exact) mass is 362 g/mol. The third kappa shape index (κ3) is 4.66. The Morgan fingerprint density at radius 1 is 1.32 bits per heavy atom. The van der Waals surface area contributed by atoms with Gasteiger partial charge in [-0.1, -0.05) is 31.0 Å². The zero-order valence-electron chi connectivity index (χ0n) is 15.1. The maximum atomic E-state index is 12.1. The van der Waals surface area contributed by atoms with Crippen molar-refractivity contribution in [3.63, 3.8) is 0 Å². The average Bonchev–Trinajstić information content (AvgIpc) is 3.21. The van der Waals surface area contributed by atoms with E-state index in [9.17, 15) is 4.79 Å². The van der Waals surface area contributed by atoms with E-state index in [1.54, 1.807) is 6.26 Å². The molecule has 0 bridgehead atoms. The van der Waals surface area contributed by atoms with Crippen molar-refractivity contribution < 1.29 is 9.21 Å². The van der Waals surface area contributed by atoms with Crippen LogP contribution in [0.3, 0.4) is 0 Å². The molecule has 0 aromatic carbocycles. The zero-order valence-corrected chi connectivity index (χ0v) is 15.9. The number of aromatic nitrogens is 3. The molecule has 1 amide bonds. The predicted molar refractivity (Wildman–Crippen MR) is 98.5 cm³/mol. The lowest BCUT2D eigenvalue weighted by Gasteiger charge is -2.25. The maximum absolute atomic E-state index is 12.1. The molecular formula is C18H26N4O2S. The van der Waals surface area contributed by atoms with Gasteiger partial charge in [-0.05, 0) is 45.7 Å². The number of nitrogens with one attached hydrogen (secondary N) is 1. The highest BCUT2D eigenvalue weighted by Crippen LogP contribution is 2.35. The van der Waals surface area contributed by atoms with E-state index in [0.717, 1.165) is 29.6 Å². The largest absolute Gasteiger partial charge is 0.461 e. The van der Waals surface area contributed by atoms with Gasteiger partial charge in [0, 0.05) is 11.6 Å². The Bertz CT molecular complexity index is 697. The molecule has 136 valence electrons. The number of furan rings is 1. The molecule has 6 nitrogen and oxygen atoms in total. The number of hydrogen-bond acceptors (Lipinski definition) is 5. The minimum absolute atomic E-state index is 0.00948. The van der Waals surface area contributed by atoms with Gasteiger partial charge in [-0.3, -0.25) is 9.36 Å². The minimum atomic E-state index is -0.228. The second-order valence-electron chi connectivity index (χ2n) is 7.53. The van der Waals surface area contributed by atoms with Crippen molar-refractivity contribution in [1.82, 2.24) is 20.1 Å². The van der Waals surface area contributed by atoms with Gasteiger partial charge >= 0.3 is 0 Å². The highest BCUT2D eigenvalue weighted by molar-refractivity contribution is 7.99.